The molecule has 0 spiro atoms. The lowest BCUT2D eigenvalue weighted by molar-refractivity contribution is -0.124. The quantitative estimate of drug-likeness (QED) is 0.881. The summed E-state index contributed by atoms with van der Waals surface area (Å²) >= 11 is 0. The SMILES string of the molecule is CCC(CC)(C(=O)Cc1cccnc1N)c1ccccc1. The number of pyridine rings is 1. The lowest BCUT2D eigenvalue weighted by Crippen LogP contribution is -2.36. The van der Waals surface area contributed by atoms with Crippen LogP contribution in [0.2, 0.25) is 0 Å². The van der Waals surface area contributed by atoms with Crippen LogP contribution in [0, 0.1) is 0 Å². The molecule has 0 unspecified atom stereocenters. The van der Waals surface area contributed by atoms with E-state index in [1.165, 1.54) is 0 Å². The number of carbonyl (C=O) groups is 1. The fourth-order valence-electron chi connectivity index (χ4n) is 2.91. The van der Waals surface area contributed by atoms with E-state index in [2.05, 4.69) is 18.8 Å². The Morgan fingerprint density at radius 3 is 2.33 bits per heavy atom. The van der Waals surface area contributed by atoms with Crippen molar-refractivity contribution < 1.29 is 4.79 Å². The zero-order valence-corrected chi connectivity index (χ0v) is 12.7. The van der Waals surface area contributed by atoms with Crippen LogP contribution in [-0.4, -0.2) is 10.8 Å². The second-order valence-corrected chi connectivity index (χ2v) is 5.30. The lowest BCUT2D eigenvalue weighted by Gasteiger charge is -2.31. The molecule has 0 bridgehead atoms. The number of nitrogens with two attached hydrogens (primary N) is 1. The van der Waals surface area contributed by atoms with E-state index >= 15 is 0 Å². The van der Waals surface area contributed by atoms with Crippen LogP contribution in [-0.2, 0) is 16.6 Å². The molecule has 21 heavy (non-hydrogen) atoms. The normalized spacial score (nSPS) is 11.3. The zero-order valence-electron chi connectivity index (χ0n) is 12.7. The van der Waals surface area contributed by atoms with Crippen molar-refractivity contribution in [2.24, 2.45) is 0 Å². The van der Waals surface area contributed by atoms with Crippen LogP contribution in [0.4, 0.5) is 5.82 Å². The first-order chi connectivity index (χ1) is 10.1. The molecule has 110 valence electrons. The van der Waals surface area contributed by atoms with E-state index in [0.29, 0.717) is 12.2 Å². The second-order valence-electron chi connectivity index (χ2n) is 5.30. The number of Topliss-reactive ketones (excluding diaryl/α,β-unsaturated/α-hetero) is 1. The summed E-state index contributed by atoms with van der Waals surface area (Å²) in [5.41, 5.74) is 7.32. The number of hydrogen-bond donors (Lipinski definition) is 1. The van der Waals surface area contributed by atoms with Gasteiger partial charge in [-0.25, -0.2) is 4.98 Å². The Morgan fingerprint density at radius 2 is 1.76 bits per heavy atom. The third-order valence-corrected chi connectivity index (χ3v) is 4.34. The molecule has 0 aliphatic rings. The number of hydrogen-bond acceptors (Lipinski definition) is 3. The molecule has 2 N–H and O–H groups in total. The smallest absolute Gasteiger partial charge is 0.147 e. The van der Waals surface area contributed by atoms with Gasteiger partial charge in [-0.05, 0) is 24.5 Å². The molecule has 3 heteroatoms. The minimum Gasteiger partial charge on any atom is -0.383 e. The predicted molar refractivity (Wildman–Crippen MR) is 86.1 cm³/mol. The van der Waals surface area contributed by atoms with E-state index in [1.807, 2.05) is 42.5 Å². The average Bonchev–Trinajstić information content (AvgIpc) is 2.52. The van der Waals surface area contributed by atoms with Crippen molar-refractivity contribution in [3.63, 3.8) is 0 Å². The molecule has 0 saturated carbocycles. The monoisotopic (exact) mass is 282 g/mol. The van der Waals surface area contributed by atoms with Crippen molar-refractivity contribution >= 4 is 11.6 Å². The summed E-state index contributed by atoms with van der Waals surface area (Å²) in [6, 6.07) is 13.7. The standard InChI is InChI=1S/C18H22N2O/c1-3-18(4-2,15-10-6-5-7-11-15)16(21)13-14-9-8-12-20-17(14)19/h5-12H,3-4,13H2,1-2H3,(H2,19,20). The maximum absolute atomic E-state index is 13.0. The van der Waals surface area contributed by atoms with Crippen molar-refractivity contribution in [1.82, 2.24) is 4.98 Å². The molecular formula is C18H22N2O. The van der Waals surface area contributed by atoms with E-state index in [1.54, 1.807) is 6.20 Å². The highest BCUT2D eigenvalue weighted by molar-refractivity contribution is 5.92. The van der Waals surface area contributed by atoms with Crippen molar-refractivity contribution in [2.45, 2.75) is 38.5 Å². The average molecular weight is 282 g/mol. The minimum absolute atomic E-state index is 0.207. The number of nitrogen functional groups attached to an aromatic ring is 1. The van der Waals surface area contributed by atoms with Crippen molar-refractivity contribution in [1.29, 1.82) is 0 Å². The van der Waals surface area contributed by atoms with Gasteiger partial charge in [-0.2, -0.15) is 0 Å². The number of rotatable bonds is 6. The second kappa shape index (κ2) is 6.53. The van der Waals surface area contributed by atoms with Crippen molar-refractivity contribution in [3.05, 3.63) is 59.8 Å². The van der Waals surface area contributed by atoms with Gasteiger partial charge < -0.3 is 5.73 Å². The Hall–Kier alpha value is -2.16. The Kier molecular flexibility index (Phi) is 4.73. The van der Waals surface area contributed by atoms with E-state index in [0.717, 1.165) is 24.0 Å². The molecule has 0 fully saturated rings. The van der Waals surface area contributed by atoms with Gasteiger partial charge in [-0.3, -0.25) is 4.79 Å². The van der Waals surface area contributed by atoms with Crippen LogP contribution in [0.3, 0.4) is 0 Å². The van der Waals surface area contributed by atoms with Gasteiger partial charge in [0.25, 0.3) is 0 Å². The number of anilines is 1. The number of nitrogens with zero attached hydrogens (tertiary/aromatic N) is 1. The molecule has 1 aromatic carbocycles. The first kappa shape index (κ1) is 15.2. The van der Waals surface area contributed by atoms with Gasteiger partial charge in [0, 0.05) is 18.2 Å². The van der Waals surface area contributed by atoms with Gasteiger partial charge in [-0.15, -0.1) is 0 Å². The molecule has 0 aliphatic carbocycles. The zero-order chi connectivity index (χ0) is 15.3. The largest absolute Gasteiger partial charge is 0.383 e. The molecule has 0 radical (unpaired) electrons. The lowest BCUT2D eigenvalue weighted by atomic mass is 9.71. The highest BCUT2D eigenvalue weighted by atomic mass is 16.1. The fraction of sp³-hybridized carbons (Fsp3) is 0.333. The Morgan fingerprint density at radius 1 is 1.10 bits per heavy atom. The van der Waals surface area contributed by atoms with Gasteiger partial charge >= 0.3 is 0 Å². The third-order valence-electron chi connectivity index (χ3n) is 4.34. The molecule has 1 aromatic heterocycles. The Balaban J connectivity index is 2.35. The molecule has 0 atom stereocenters. The first-order valence-electron chi connectivity index (χ1n) is 7.42. The van der Waals surface area contributed by atoms with Gasteiger partial charge in [0.15, 0.2) is 0 Å². The fourth-order valence-corrected chi connectivity index (χ4v) is 2.91. The van der Waals surface area contributed by atoms with Crippen LogP contribution in [0.1, 0.15) is 37.8 Å². The Bertz CT molecular complexity index is 604. The summed E-state index contributed by atoms with van der Waals surface area (Å²) in [5.74, 6) is 0.651. The number of carbonyl (C=O) groups excluding carboxylic acids is 1. The van der Waals surface area contributed by atoms with Crippen LogP contribution >= 0.6 is 0 Å². The van der Waals surface area contributed by atoms with Gasteiger partial charge in [0.05, 0.1) is 5.41 Å². The van der Waals surface area contributed by atoms with E-state index in [-0.39, 0.29) is 5.78 Å². The summed E-state index contributed by atoms with van der Waals surface area (Å²) < 4.78 is 0. The maximum Gasteiger partial charge on any atom is 0.147 e. The molecule has 2 aromatic rings. The van der Waals surface area contributed by atoms with Gasteiger partial charge in [0.2, 0.25) is 0 Å². The molecule has 0 amide bonds. The van der Waals surface area contributed by atoms with Gasteiger partial charge in [0.1, 0.15) is 11.6 Å². The van der Waals surface area contributed by atoms with Crippen LogP contribution in [0.15, 0.2) is 48.7 Å². The molecule has 0 saturated heterocycles. The summed E-state index contributed by atoms with van der Waals surface area (Å²) in [7, 11) is 0. The van der Waals surface area contributed by atoms with Gasteiger partial charge in [-0.1, -0.05) is 50.2 Å². The van der Waals surface area contributed by atoms with Crippen LogP contribution in [0.5, 0.6) is 0 Å². The van der Waals surface area contributed by atoms with Crippen molar-refractivity contribution in [3.8, 4) is 0 Å². The highest BCUT2D eigenvalue weighted by Crippen LogP contribution is 2.34. The van der Waals surface area contributed by atoms with Crippen LogP contribution in [0.25, 0.3) is 0 Å². The summed E-state index contributed by atoms with van der Waals surface area (Å²) in [4.78, 5) is 17.0. The first-order valence-corrected chi connectivity index (χ1v) is 7.42. The Labute approximate surface area is 126 Å². The molecule has 1 heterocycles. The molecule has 2 rings (SSSR count). The number of aromatic nitrogens is 1. The molecule has 3 nitrogen and oxygen atoms in total. The van der Waals surface area contributed by atoms with E-state index in [4.69, 9.17) is 5.73 Å². The molecular weight excluding hydrogens is 260 g/mol. The third kappa shape index (κ3) is 2.97. The topological polar surface area (TPSA) is 56.0 Å². The molecule has 0 aliphatic heterocycles. The summed E-state index contributed by atoms with van der Waals surface area (Å²) in [6.07, 6.45) is 3.54. The van der Waals surface area contributed by atoms with Crippen LogP contribution < -0.4 is 5.73 Å². The summed E-state index contributed by atoms with van der Waals surface area (Å²) in [6.45, 7) is 4.14. The number of ketones is 1. The predicted octanol–water partition coefficient (Wildman–Crippen LogP) is 3.53. The summed E-state index contributed by atoms with van der Waals surface area (Å²) in [5, 5.41) is 0. The number of benzene rings is 1. The van der Waals surface area contributed by atoms with E-state index < -0.39 is 5.41 Å². The van der Waals surface area contributed by atoms with E-state index in [9.17, 15) is 4.79 Å². The maximum atomic E-state index is 13.0. The minimum atomic E-state index is -0.441. The highest BCUT2D eigenvalue weighted by Gasteiger charge is 2.36. The van der Waals surface area contributed by atoms with Crippen molar-refractivity contribution in [2.75, 3.05) is 5.73 Å².